The molecule has 0 radical (unpaired) electrons. The predicted octanol–water partition coefficient (Wildman–Crippen LogP) is 3.45. The number of nitrogens with two attached hydrogens (primary N) is 1. The van der Waals surface area contributed by atoms with Crippen molar-refractivity contribution >= 4 is 17.0 Å². The van der Waals surface area contributed by atoms with Crippen molar-refractivity contribution in [3.63, 3.8) is 0 Å². The van der Waals surface area contributed by atoms with Gasteiger partial charge >= 0.3 is 0 Å². The number of hydrogen-bond acceptors (Lipinski definition) is 3. The van der Waals surface area contributed by atoms with Gasteiger partial charge in [-0.25, -0.2) is 9.37 Å². The molecule has 3 aromatic rings. The van der Waals surface area contributed by atoms with E-state index in [-0.39, 0.29) is 5.82 Å². The summed E-state index contributed by atoms with van der Waals surface area (Å²) in [6.45, 7) is 4.32. The molecule has 4 nitrogen and oxygen atoms in total. The van der Waals surface area contributed by atoms with Crippen LogP contribution in [0.3, 0.4) is 0 Å². The van der Waals surface area contributed by atoms with E-state index in [1.807, 2.05) is 36.6 Å². The van der Waals surface area contributed by atoms with Crippen LogP contribution in [0.4, 0.5) is 10.3 Å². The number of nitrogens with zero attached hydrogens (tertiary/aromatic N) is 2. The van der Waals surface area contributed by atoms with Crippen molar-refractivity contribution in [2.45, 2.75) is 13.8 Å². The largest absolute Gasteiger partial charge is 0.492 e. The molecule has 21 heavy (non-hydrogen) atoms. The molecule has 1 heterocycles. The maximum Gasteiger partial charge on any atom is 0.206 e. The molecular weight excluding hydrogens is 269 g/mol. The maximum atomic E-state index is 13.3. The van der Waals surface area contributed by atoms with Crippen molar-refractivity contribution in [2.75, 3.05) is 12.3 Å². The summed E-state index contributed by atoms with van der Waals surface area (Å²) in [6, 6.07) is 10.3. The van der Waals surface area contributed by atoms with Gasteiger partial charge in [0.1, 0.15) is 17.1 Å². The molecule has 0 bridgehead atoms. The topological polar surface area (TPSA) is 53.1 Å². The molecule has 0 saturated heterocycles. The Kier molecular flexibility index (Phi) is 3.25. The van der Waals surface area contributed by atoms with E-state index in [9.17, 15) is 4.39 Å². The van der Waals surface area contributed by atoms with Crippen LogP contribution in [0.5, 0.6) is 5.75 Å². The number of hydrogen-bond donors (Lipinski definition) is 1. The average Bonchev–Trinajstić information content (AvgIpc) is 2.77. The van der Waals surface area contributed by atoms with Gasteiger partial charge in [-0.1, -0.05) is 6.07 Å². The van der Waals surface area contributed by atoms with Crippen molar-refractivity contribution in [3.05, 3.63) is 47.8 Å². The third-order valence-electron chi connectivity index (χ3n) is 3.37. The van der Waals surface area contributed by atoms with E-state index in [0.717, 1.165) is 16.8 Å². The van der Waals surface area contributed by atoms with Crippen LogP contribution in [0.25, 0.3) is 16.7 Å². The van der Waals surface area contributed by atoms with E-state index in [1.165, 1.54) is 12.1 Å². The number of nitrogen functional groups attached to an aromatic ring is 1. The molecule has 2 aromatic carbocycles. The molecule has 3 rings (SSSR count). The highest BCUT2D eigenvalue weighted by Gasteiger charge is 2.15. The zero-order chi connectivity index (χ0) is 15.0. The Morgan fingerprint density at radius 2 is 2.10 bits per heavy atom. The highest BCUT2D eigenvalue weighted by Crippen LogP contribution is 2.30. The smallest absolute Gasteiger partial charge is 0.206 e. The second kappa shape index (κ2) is 5.09. The van der Waals surface area contributed by atoms with E-state index >= 15 is 0 Å². The van der Waals surface area contributed by atoms with Gasteiger partial charge in [-0.05, 0) is 49.7 Å². The van der Waals surface area contributed by atoms with Crippen LogP contribution in [-0.2, 0) is 0 Å². The van der Waals surface area contributed by atoms with Crippen LogP contribution in [0.1, 0.15) is 12.5 Å². The van der Waals surface area contributed by atoms with E-state index in [2.05, 4.69) is 4.98 Å². The van der Waals surface area contributed by atoms with Crippen molar-refractivity contribution in [2.24, 2.45) is 0 Å². The predicted molar refractivity (Wildman–Crippen MR) is 81.3 cm³/mol. The standard InChI is InChI=1S/C16H16FN3O/c1-3-21-14-6-4-5-13-15(14)19-16(18)20(13)12-8-7-11(17)9-10(12)2/h4-9H,3H2,1-2H3,(H2,18,19). The average molecular weight is 285 g/mol. The van der Waals surface area contributed by atoms with Gasteiger partial charge in [0.25, 0.3) is 0 Å². The minimum Gasteiger partial charge on any atom is -0.492 e. The van der Waals surface area contributed by atoms with Crippen molar-refractivity contribution < 1.29 is 9.13 Å². The van der Waals surface area contributed by atoms with E-state index in [1.54, 1.807) is 6.07 Å². The summed E-state index contributed by atoms with van der Waals surface area (Å²) in [5, 5.41) is 0. The first-order valence-electron chi connectivity index (χ1n) is 6.78. The number of ether oxygens (including phenoxy) is 1. The highest BCUT2D eigenvalue weighted by atomic mass is 19.1. The van der Waals surface area contributed by atoms with E-state index in [4.69, 9.17) is 10.5 Å². The minimum absolute atomic E-state index is 0.269. The quantitative estimate of drug-likeness (QED) is 0.802. The van der Waals surface area contributed by atoms with Crippen LogP contribution in [0, 0.1) is 12.7 Å². The molecule has 5 heteroatoms. The summed E-state index contributed by atoms with van der Waals surface area (Å²) >= 11 is 0. The highest BCUT2D eigenvalue weighted by molar-refractivity contribution is 5.86. The summed E-state index contributed by atoms with van der Waals surface area (Å²) in [7, 11) is 0. The first kappa shape index (κ1) is 13.4. The van der Waals surface area contributed by atoms with Crippen LogP contribution >= 0.6 is 0 Å². The first-order valence-corrected chi connectivity index (χ1v) is 6.78. The number of rotatable bonds is 3. The number of benzene rings is 2. The Morgan fingerprint density at radius 3 is 2.81 bits per heavy atom. The van der Waals surface area contributed by atoms with Gasteiger partial charge in [0.05, 0.1) is 17.8 Å². The third-order valence-corrected chi connectivity index (χ3v) is 3.37. The second-order valence-corrected chi connectivity index (χ2v) is 4.79. The summed E-state index contributed by atoms with van der Waals surface area (Å²) in [5.41, 5.74) is 9.21. The molecule has 0 aliphatic heterocycles. The fourth-order valence-electron chi connectivity index (χ4n) is 2.49. The monoisotopic (exact) mass is 285 g/mol. The van der Waals surface area contributed by atoms with Crippen LogP contribution in [0.2, 0.25) is 0 Å². The fourth-order valence-corrected chi connectivity index (χ4v) is 2.49. The van der Waals surface area contributed by atoms with Gasteiger partial charge in [0, 0.05) is 0 Å². The van der Waals surface area contributed by atoms with Crippen molar-refractivity contribution in [1.82, 2.24) is 9.55 Å². The Balaban J connectivity index is 2.28. The van der Waals surface area contributed by atoms with Crippen molar-refractivity contribution in [1.29, 1.82) is 0 Å². The molecule has 0 aliphatic rings. The summed E-state index contributed by atoms with van der Waals surface area (Å²) in [4.78, 5) is 4.39. The fraction of sp³-hybridized carbons (Fsp3) is 0.188. The van der Waals surface area contributed by atoms with Gasteiger partial charge in [-0.2, -0.15) is 0 Å². The number of anilines is 1. The summed E-state index contributed by atoms with van der Waals surface area (Å²) in [6.07, 6.45) is 0. The molecule has 0 fully saturated rings. The zero-order valence-corrected chi connectivity index (χ0v) is 11.9. The maximum absolute atomic E-state index is 13.3. The second-order valence-electron chi connectivity index (χ2n) is 4.79. The Labute approximate surface area is 122 Å². The molecule has 0 unspecified atom stereocenters. The molecule has 0 spiro atoms. The van der Waals surface area contributed by atoms with Gasteiger partial charge in [0.2, 0.25) is 5.95 Å². The summed E-state index contributed by atoms with van der Waals surface area (Å²) in [5.74, 6) is 0.779. The molecular formula is C16H16FN3O. The van der Waals surface area contributed by atoms with Crippen LogP contribution < -0.4 is 10.5 Å². The molecule has 2 N–H and O–H groups in total. The van der Waals surface area contributed by atoms with Gasteiger partial charge < -0.3 is 10.5 Å². The molecule has 1 aromatic heterocycles. The number of aromatic nitrogens is 2. The molecule has 0 atom stereocenters. The number of aryl methyl sites for hydroxylation is 1. The Hall–Kier alpha value is -2.56. The van der Waals surface area contributed by atoms with Crippen LogP contribution in [-0.4, -0.2) is 16.2 Å². The molecule has 0 aliphatic carbocycles. The number of imidazole rings is 1. The lowest BCUT2D eigenvalue weighted by molar-refractivity contribution is 0.344. The lowest BCUT2D eigenvalue weighted by Gasteiger charge is -2.10. The zero-order valence-electron chi connectivity index (χ0n) is 11.9. The Bertz CT molecular complexity index is 811. The van der Waals surface area contributed by atoms with Gasteiger partial charge in [0.15, 0.2) is 0 Å². The molecule has 0 saturated carbocycles. The van der Waals surface area contributed by atoms with E-state index < -0.39 is 0 Å². The minimum atomic E-state index is -0.269. The number of para-hydroxylation sites is 1. The van der Waals surface area contributed by atoms with Gasteiger partial charge in [-0.3, -0.25) is 4.57 Å². The lowest BCUT2D eigenvalue weighted by Crippen LogP contribution is -2.02. The van der Waals surface area contributed by atoms with Crippen molar-refractivity contribution in [3.8, 4) is 11.4 Å². The van der Waals surface area contributed by atoms with Gasteiger partial charge in [-0.15, -0.1) is 0 Å². The van der Waals surface area contributed by atoms with Crippen LogP contribution in [0.15, 0.2) is 36.4 Å². The number of halogens is 1. The normalized spacial score (nSPS) is 11.0. The molecule has 108 valence electrons. The van der Waals surface area contributed by atoms with E-state index in [0.29, 0.717) is 23.8 Å². The SMILES string of the molecule is CCOc1cccc2c1nc(N)n2-c1ccc(F)cc1C. The third kappa shape index (κ3) is 2.20. The number of fused-ring (bicyclic) bond motifs is 1. The lowest BCUT2D eigenvalue weighted by atomic mass is 10.2. The molecule has 0 amide bonds. The Morgan fingerprint density at radius 1 is 1.29 bits per heavy atom. The first-order chi connectivity index (χ1) is 10.1. The summed E-state index contributed by atoms with van der Waals surface area (Å²) < 4.78 is 20.7.